The number of carbonyl (C=O) groups is 1. The maximum atomic E-state index is 13.5. The summed E-state index contributed by atoms with van der Waals surface area (Å²) in [6.07, 6.45) is 0.694. The summed E-state index contributed by atoms with van der Waals surface area (Å²) in [6, 6.07) is 16.7. The molecule has 0 heterocycles. The number of thioether (sulfide) groups is 1. The van der Waals surface area contributed by atoms with E-state index in [-0.39, 0.29) is 16.3 Å². The fourth-order valence-corrected chi connectivity index (χ4v) is 6.10. The molecule has 0 unspecified atom stereocenters. The Kier molecular flexibility index (Phi) is 10.5. The van der Waals surface area contributed by atoms with Crippen molar-refractivity contribution in [1.29, 1.82) is 0 Å². The molecule has 7 nitrogen and oxygen atoms in total. The summed E-state index contributed by atoms with van der Waals surface area (Å²) in [5.74, 6) is 1.13. The molecule has 11 heteroatoms. The summed E-state index contributed by atoms with van der Waals surface area (Å²) in [5, 5.41) is 3.49. The van der Waals surface area contributed by atoms with Crippen LogP contribution in [-0.2, 0) is 20.6 Å². The maximum absolute atomic E-state index is 13.5. The Labute approximate surface area is 226 Å². The number of hydrogen-bond acceptors (Lipinski definition) is 6. The number of benzene rings is 3. The van der Waals surface area contributed by atoms with Crippen LogP contribution in [0.3, 0.4) is 0 Å². The number of sulfonamides is 1. The molecule has 0 radical (unpaired) electrons. The van der Waals surface area contributed by atoms with E-state index >= 15 is 0 Å². The molecule has 0 aliphatic heterocycles. The van der Waals surface area contributed by atoms with E-state index in [1.54, 1.807) is 11.8 Å². The second-order valence-electron chi connectivity index (χ2n) is 7.85. The number of ether oxygens (including phenoxy) is 2. The van der Waals surface area contributed by atoms with Gasteiger partial charge in [0.15, 0.2) is 11.5 Å². The molecule has 1 N–H and O–H groups in total. The fourth-order valence-electron chi connectivity index (χ4n) is 3.41. The third-order valence-corrected chi connectivity index (χ3v) is 8.58. The lowest BCUT2D eigenvalue weighted by atomic mass is 10.2. The first kappa shape index (κ1) is 28.6. The Morgan fingerprint density at radius 1 is 1.03 bits per heavy atom. The highest BCUT2D eigenvalue weighted by atomic mass is 35.5. The third-order valence-electron chi connectivity index (χ3n) is 5.35. The first-order valence-electron chi connectivity index (χ1n) is 11.3. The molecular formula is C26H28ClFN2O5S2. The fraction of sp³-hybridized carbons (Fsp3) is 0.269. The summed E-state index contributed by atoms with van der Waals surface area (Å²) in [4.78, 5) is 12.6. The van der Waals surface area contributed by atoms with E-state index in [1.165, 1.54) is 44.6 Å². The highest BCUT2D eigenvalue weighted by Crippen LogP contribution is 2.32. The van der Waals surface area contributed by atoms with Crippen LogP contribution in [-0.4, -0.2) is 47.4 Å². The van der Waals surface area contributed by atoms with Crippen LogP contribution in [0.15, 0.2) is 71.6 Å². The largest absolute Gasteiger partial charge is 0.493 e. The van der Waals surface area contributed by atoms with Gasteiger partial charge in [-0.15, -0.1) is 0 Å². The number of rotatable bonds is 13. The van der Waals surface area contributed by atoms with E-state index < -0.39 is 28.3 Å². The van der Waals surface area contributed by atoms with Gasteiger partial charge in [-0.1, -0.05) is 29.8 Å². The number of nitrogens with one attached hydrogen (secondary N) is 1. The van der Waals surface area contributed by atoms with E-state index in [2.05, 4.69) is 5.32 Å². The van der Waals surface area contributed by atoms with Crippen LogP contribution in [0.5, 0.6) is 11.5 Å². The number of carbonyl (C=O) groups excluding carboxylic acids is 1. The van der Waals surface area contributed by atoms with Gasteiger partial charge in [-0.2, -0.15) is 11.8 Å². The average Bonchev–Trinajstić information content (AvgIpc) is 2.90. The summed E-state index contributed by atoms with van der Waals surface area (Å²) < 4.78 is 52.0. The van der Waals surface area contributed by atoms with Gasteiger partial charge in [0, 0.05) is 23.4 Å². The molecule has 3 aromatic carbocycles. The van der Waals surface area contributed by atoms with Gasteiger partial charge in [0.05, 0.1) is 24.8 Å². The van der Waals surface area contributed by atoms with Crippen LogP contribution in [0.25, 0.3) is 0 Å². The molecule has 0 saturated carbocycles. The summed E-state index contributed by atoms with van der Waals surface area (Å²) in [5.41, 5.74) is 1.20. The van der Waals surface area contributed by atoms with Gasteiger partial charge in [0.2, 0.25) is 5.91 Å². The molecule has 1 amide bonds. The van der Waals surface area contributed by atoms with Gasteiger partial charge >= 0.3 is 0 Å². The van der Waals surface area contributed by atoms with Crippen LogP contribution >= 0.6 is 23.4 Å². The van der Waals surface area contributed by atoms with Crippen molar-refractivity contribution in [3.05, 3.63) is 83.1 Å². The number of methoxy groups -OCH3 is 2. The summed E-state index contributed by atoms with van der Waals surface area (Å²) >= 11 is 7.86. The molecule has 0 saturated heterocycles. The lowest BCUT2D eigenvalue weighted by molar-refractivity contribution is -0.119. The van der Waals surface area contributed by atoms with Crippen molar-refractivity contribution < 1.29 is 27.1 Å². The van der Waals surface area contributed by atoms with Crippen molar-refractivity contribution in [2.75, 3.05) is 37.4 Å². The maximum Gasteiger partial charge on any atom is 0.264 e. The molecule has 0 aliphatic carbocycles. The second-order valence-corrected chi connectivity index (χ2v) is 11.2. The number of nitrogens with zero attached hydrogens (tertiary/aromatic N) is 1. The number of halogens is 2. The normalized spacial score (nSPS) is 11.1. The summed E-state index contributed by atoms with van der Waals surface area (Å²) in [7, 11) is -1.36. The Hall–Kier alpha value is -2.95. The lowest BCUT2D eigenvalue weighted by Crippen LogP contribution is -2.41. The van der Waals surface area contributed by atoms with Crippen molar-refractivity contribution in [3.63, 3.8) is 0 Å². The summed E-state index contributed by atoms with van der Waals surface area (Å²) in [6.45, 7) is -0.100. The van der Waals surface area contributed by atoms with Crippen molar-refractivity contribution >= 4 is 45.0 Å². The number of anilines is 1. The first-order valence-corrected chi connectivity index (χ1v) is 14.3. The third kappa shape index (κ3) is 7.77. The van der Waals surface area contributed by atoms with Crippen LogP contribution in [0.1, 0.15) is 12.0 Å². The van der Waals surface area contributed by atoms with Gasteiger partial charge in [0.25, 0.3) is 10.0 Å². The molecule has 0 aliphatic rings. The van der Waals surface area contributed by atoms with Crippen molar-refractivity contribution in [1.82, 2.24) is 5.32 Å². The predicted octanol–water partition coefficient (Wildman–Crippen LogP) is 5.13. The molecule has 37 heavy (non-hydrogen) atoms. The molecule has 3 rings (SSSR count). The van der Waals surface area contributed by atoms with Crippen molar-refractivity contribution in [2.24, 2.45) is 0 Å². The zero-order chi connectivity index (χ0) is 26.8. The Bertz CT molecular complexity index is 1310. The lowest BCUT2D eigenvalue weighted by Gasteiger charge is -2.24. The van der Waals surface area contributed by atoms with Crippen LogP contribution < -0.4 is 19.1 Å². The minimum absolute atomic E-state index is 0.0988. The standard InChI is InChI=1S/C26H28ClFN2O5S2/c1-34-24-13-12-22(16-25(24)35-2)37(32,33)30(21-10-8-20(28)9-11-21)17-26(31)29-14-5-15-36-18-19-6-3-4-7-23(19)27/h3-4,6-13,16H,5,14-15,17-18H2,1-2H3,(H,29,31). The van der Waals surface area contributed by atoms with Crippen LogP contribution in [0.4, 0.5) is 10.1 Å². The van der Waals surface area contributed by atoms with Crippen LogP contribution in [0, 0.1) is 5.82 Å². The molecule has 3 aromatic rings. The van der Waals surface area contributed by atoms with Gasteiger partial charge in [-0.25, -0.2) is 12.8 Å². The van der Waals surface area contributed by atoms with Gasteiger partial charge in [0.1, 0.15) is 12.4 Å². The molecule has 0 atom stereocenters. The highest BCUT2D eigenvalue weighted by molar-refractivity contribution is 7.98. The molecule has 0 fully saturated rings. The van der Waals surface area contributed by atoms with E-state index in [4.69, 9.17) is 21.1 Å². The quantitative estimate of drug-likeness (QED) is 0.289. The topological polar surface area (TPSA) is 84.9 Å². The second kappa shape index (κ2) is 13.6. The van der Waals surface area contributed by atoms with Crippen molar-refractivity contribution in [2.45, 2.75) is 17.1 Å². The van der Waals surface area contributed by atoms with E-state index in [0.29, 0.717) is 18.7 Å². The molecule has 0 bridgehead atoms. The minimum atomic E-state index is -4.20. The monoisotopic (exact) mass is 566 g/mol. The van der Waals surface area contributed by atoms with Crippen LogP contribution in [0.2, 0.25) is 5.02 Å². The molecule has 0 spiro atoms. The van der Waals surface area contributed by atoms with E-state index in [1.807, 2.05) is 24.3 Å². The molecule has 198 valence electrons. The number of amides is 1. The first-order chi connectivity index (χ1) is 17.8. The smallest absolute Gasteiger partial charge is 0.264 e. The van der Waals surface area contributed by atoms with E-state index in [9.17, 15) is 17.6 Å². The van der Waals surface area contributed by atoms with E-state index in [0.717, 1.165) is 38.5 Å². The predicted molar refractivity (Wildman–Crippen MR) is 146 cm³/mol. The number of hydrogen-bond donors (Lipinski definition) is 1. The highest BCUT2D eigenvalue weighted by Gasteiger charge is 2.28. The van der Waals surface area contributed by atoms with Gasteiger partial charge < -0.3 is 14.8 Å². The van der Waals surface area contributed by atoms with Gasteiger partial charge in [-0.3, -0.25) is 9.10 Å². The zero-order valence-electron chi connectivity index (χ0n) is 20.4. The molecular weight excluding hydrogens is 539 g/mol. The van der Waals surface area contributed by atoms with Crippen molar-refractivity contribution in [3.8, 4) is 11.5 Å². The Morgan fingerprint density at radius 2 is 1.73 bits per heavy atom. The molecule has 0 aromatic heterocycles. The Balaban J connectivity index is 1.66. The van der Waals surface area contributed by atoms with Gasteiger partial charge in [-0.05, 0) is 60.2 Å². The Morgan fingerprint density at radius 3 is 2.41 bits per heavy atom. The zero-order valence-corrected chi connectivity index (χ0v) is 22.8. The average molecular weight is 567 g/mol. The SMILES string of the molecule is COc1ccc(S(=O)(=O)N(CC(=O)NCCCSCc2ccccc2Cl)c2ccc(F)cc2)cc1OC. The minimum Gasteiger partial charge on any atom is -0.493 e.